The molecule has 0 saturated carbocycles. The van der Waals surface area contributed by atoms with Crippen molar-refractivity contribution in [3.63, 3.8) is 0 Å². The topological polar surface area (TPSA) is 116 Å². The Bertz CT molecular complexity index is 1300. The van der Waals surface area contributed by atoms with Gasteiger partial charge >= 0.3 is 5.69 Å². The maximum absolute atomic E-state index is 12.4. The molecule has 0 aliphatic heterocycles. The molecule has 27 heavy (non-hydrogen) atoms. The maximum Gasteiger partial charge on any atom is 0.352 e. The number of amides is 1. The summed E-state index contributed by atoms with van der Waals surface area (Å²) in [6.07, 6.45) is 1.24. The number of carbonyl (C=O) groups is 1. The van der Waals surface area contributed by atoms with Gasteiger partial charge in [-0.3, -0.25) is 13.5 Å². The van der Waals surface area contributed by atoms with E-state index in [1.807, 2.05) is 25.1 Å². The molecule has 10 nitrogen and oxygen atoms in total. The first-order chi connectivity index (χ1) is 13.0. The lowest BCUT2D eigenvalue weighted by Gasteiger charge is -2.03. The molecule has 0 aliphatic rings. The Morgan fingerprint density at radius 2 is 2.11 bits per heavy atom. The fraction of sp³-hybridized carbons (Fsp3) is 0.250. The highest BCUT2D eigenvalue weighted by Crippen LogP contribution is 2.17. The molecule has 3 heterocycles. The maximum atomic E-state index is 12.4. The summed E-state index contributed by atoms with van der Waals surface area (Å²) in [6, 6.07) is 5.68. The highest BCUT2D eigenvalue weighted by molar-refractivity contribution is 7.13. The predicted molar refractivity (Wildman–Crippen MR) is 99.2 cm³/mol. The zero-order chi connectivity index (χ0) is 19.1. The Kier molecular flexibility index (Phi) is 4.07. The minimum atomic E-state index is -0.481. The number of imidazole rings is 1. The Balaban J connectivity index is 1.51. The summed E-state index contributed by atoms with van der Waals surface area (Å²) in [5, 5.41) is 10.9. The van der Waals surface area contributed by atoms with Crippen molar-refractivity contribution < 1.29 is 4.79 Å². The molecule has 4 rings (SSSR count). The molecule has 3 aromatic heterocycles. The van der Waals surface area contributed by atoms with E-state index in [9.17, 15) is 14.4 Å². The zero-order valence-corrected chi connectivity index (χ0v) is 15.4. The number of aryl methyl sites for hydroxylation is 2. The van der Waals surface area contributed by atoms with Crippen LogP contribution >= 0.6 is 11.5 Å². The molecule has 138 valence electrons. The lowest BCUT2D eigenvalue weighted by atomic mass is 10.2. The number of rotatable bonds is 4. The molecule has 0 aliphatic carbocycles. The van der Waals surface area contributed by atoms with Gasteiger partial charge in [0.15, 0.2) is 11.3 Å². The fourth-order valence-electron chi connectivity index (χ4n) is 2.72. The summed E-state index contributed by atoms with van der Waals surface area (Å²) in [6.45, 7) is 2.55. The number of hydrogen-bond acceptors (Lipinski definition) is 7. The monoisotopic (exact) mass is 385 g/mol. The number of benzene rings is 1. The fourth-order valence-corrected chi connectivity index (χ4v) is 3.81. The zero-order valence-electron chi connectivity index (χ0n) is 14.5. The van der Waals surface area contributed by atoms with Crippen molar-refractivity contribution in [2.75, 3.05) is 6.54 Å². The van der Waals surface area contributed by atoms with Gasteiger partial charge in [-0.1, -0.05) is 22.8 Å². The Hall–Kier alpha value is -3.34. The molecule has 1 amide bonds. The van der Waals surface area contributed by atoms with E-state index in [4.69, 9.17) is 0 Å². The normalized spacial score (nSPS) is 11.3. The van der Waals surface area contributed by atoms with Gasteiger partial charge in [0.05, 0.1) is 16.6 Å². The van der Waals surface area contributed by atoms with Crippen LogP contribution in [0.3, 0.4) is 0 Å². The molecular weight excluding hydrogens is 370 g/mol. The number of fused-ring (bicyclic) bond motifs is 2. The number of aromatic nitrogens is 6. The molecule has 11 heteroatoms. The van der Waals surface area contributed by atoms with Crippen LogP contribution in [-0.2, 0) is 13.6 Å². The van der Waals surface area contributed by atoms with E-state index in [0.29, 0.717) is 11.9 Å². The van der Waals surface area contributed by atoms with Crippen LogP contribution in [0.1, 0.15) is 16.1 Å². The molecule has 0 radical (unpaired) electrons. The second-order valence-electron chi connectivity index (χ2n) is 6.04. The van der Waals surface area contributed by atoms with Gasteiger partial charge in [0.2, 0.25) is 0 Å². The van der Waals surface area contributed by atoms with E-state index in [1.54, 1.807) is 3.96 Å². The van der Waals surface area contributed by atoms with Crippen molar-refractivity contribution >= 4 is 33.2 Å². The molecule has 1 aromatic carbocycles. The van der Waals surface area contributed by atoms with Crippen molar-refractivity contribution in [3.8, 4) is 0 Å². The molecule has 0 spiro atoms. The first-order valence-corrected chi connectivity index (χ1v) is 8.89. The number of carbonyl (C=O) groups excluding carboxylic acids is 1. The van der Waals surface area contributed by atoms with Crippen molar-refractivity contribution in [2.24, 2.45) is 7.05 Å². The van der Waals surface area contributed by atoms with E-state index in [-0.39, 0.29) is 23.4 Å². The number of nitrogens with zero attached hydrogens (tertiary/aromatic N) is 6. The van der Waals surface area contributed by atoms with Crippen molar-refractivity contribution in [1.29, 1.82) is 0 Å². The second kappa shape index (κ2) is 6.43. The Morgan fingerprint density at radius 1 is 1.30 bits per heavy atom. The molecule has 0 unspecified atom stereocenters. The molecule has 0 bridgehead atoms. The smallest absolute Gasteiger partial charge is 0.349 e. The van der Waals surface area contributed by atoms with Crippen molar-refractivity contribution in [3.05, 3.63) is 56.6 Å². The molecule has 4 aromatic rings. The van der Waals surface area contributed by atoms with E-state index in [1.165, 1.54) is 24.9 Å². The van der Waals surface area contributed by atoms with Gasteiger partial charge in [0, 0.05) is 13.6 Å². The summed E-state index contributed by atoms with van der Waals surface area (Å²) in [5.41, 5.74) is 0.664. The van der Waals surface area contributed by atoms with Gasteiger partial charge in [-0.25, -0.2) is 14.2 Å². The largest absolute Gasteiger partial charge is 0.352 e. The number of nitrogens with one attached hydrogen (secondary N) is 1. The summed E-state index contributed by atoms with van der Waals surface area (Å²) in [5.74, 6) is -0.481. The van der Waals surface area contributed by atoms with Crippen LogP contribution in [0.2, 0.25) is 0 Å². The Morgan fingerprint density at radius 3 is 2.93 bits per heavy atom. The van der Waals surface area contributed by atoms with Crippen molar-refractivity contribution in [2.45, 2.75) is 13.5 Å². The lowest BCUT2D eigenvalue weighted by Crippen LogP contribution is -2.30. The van der Waals surface area contributed by atoms with Gasteiger partial charge in [0.25, 0.3) is 11.5 Å². The molecular formula is C16H15N7O3S. The standard InChI is InChI=1S/C16H15N7O3S/c1-9-3-4-10-11(7-9)27-23(15(10)25)6-5-17-14(24)12-13-19-20-21(2)16(26)22(13)8-18-12/h3-4,7-8H,5-6H2,1-2H3,(H,17,24). The minimum Gasteiger partial charge on any atom is -0.349 e. The van der Waals surface area contributed by atoms with E-state index in [0.717, 1.165) is 19.3 Å². The van der Waals surface area contributed by atoms with E-state index >= 15 is 0 Å². The average molecular weight is 385 g/mol. The van der Waals surface area contributed by atoms with Crippen LogP contribution < -0.4 is 16.6 Å². The summed E-state index contributed by atoms with van der Waals surface area (Å²) < 4.78 is 4.72. The summed E-state index contributed by atoms with van der Waals surface area (Å²) in [7, 11) is 1.46. The van der Waals surface area contributed by atoms with E-state index in [2.05, 4.69) is 20.6 Å². The third-order valence-corrected chi connectivity index (χ3v) is 5.22. The first-order valence-electron chi connectivity index (χ1n) is 8.11. The molecule has 0 fully saturated rings. The van der Waals surface area contributed by atoms with Crippen LogP contribution in [0.5, 0.6) is 0 Å². The molecule has 0 saturated heterocycles. The summed E-state index contributed by atoms with van der Waals surface area (Å²) >= 11 is 1.36. The number of hydrogen-bond donors (Lipinski definition) is 1. The third kappa shape index (κ3) is 2.91. The molecule has 1 N–H and O–H groups in total. The lowest BCUT2D eigenvalue weighted by molar-refractivity contribution is 0.0949. The summed E-state index contributed by atoms with van der Waals surface area (Å²) in [4.78, 5) is 40.6. The quantitative estimate of drug-likeness (QED) is 0.526. The van der Waals surface area contributed by atoms with Crippen LogP contribution in [0.4, 0.5) is 0 Å². The van der Waals surface area contributed by atoms with Gasteiger partial charge in [-0.05, 0) is 24.6 Å². The molecule has 0 atom stereocenters. The van der Waals surface area contributed by atoms with Gasteiger partial charge in [0.1, 0.15) is 6.33 Å². The average Bonchev–Trinajstić information content (AvgIpc) is 3.20. The van der Waals surface area contributed by atoms with Crippen LogP contribution in [0.25, 0.3) is 15.7 Å². The van der Waals surface area contributed by atoms with Gasteiger partial charge in [-0.15, -0.1) is 5.10 Å². The third-order valence-electron chi connectivity index (χ3n) is 4.12. The van der Waals surface area contributed by atoms with Crippen LogP contribution in [0, 0.1) is 6.92 Å². The SMILES string of the molecule is Cc1ccc2c(=O)n(CCNC(=O)c3ncn4c(=O)n(C)nnc34)sc2c1. The van der Waals surface area contributed by atoms with Gasteiger partial charge < -0.3 is 5.32 Å². The van der Waals surface area contributed by atoms with Crippen molar-refractivity contribution in [1.82, 2.24) is 33.7 Å². The first kappa shape index (κ1) is 17.1. The van der Waals surface area contributed by atoms with Gasteiger partial charge in [-0.2, -0.15) is 4.68 Å². The minimum absolute atomic E-state index is 0.0134. The Labute approximate surface area is 155 Å². The van der Waals surface area contributed by atoms with Crippen LogP contribution in [0.15, 0.2) is 34.1 Å². The highest BCUT2D eigenvalue weighted by Gasteiger charge is 2.17. The predicted octanol–water partition coefficient (Wildman–Crippen LogP) is -0.0622. The second-order valence-corrected chi connectivity index (χ2v) is 7.10. The highest BCUT2D eigenvalue weighted by atomic mass is 32.1. The van der Waals surface area contributed by atoms with Crippen LogP contribution in [-0.4, -0.2) is 40.8 Å². The van der Waals surface area contributed by atoms with E-state index < -0.39 is 11.6 Å².